The number of halogens is 1. The molecular formula is C19H19ClN2O5. The van der Waals surface area contributed by atoms with Crippen LogP contribution in [0.4, 0.5) is 5.69 Å². The zero-order valence-electron chi connectivity index (χ0n) is 14.9. The number of esters is 1. The van der Waals surface area contributed by atoms with Crippen LogP contribution in [0, 0.1) is 17.0 Å². The van der Waals surface area contributed by atoms with Gasteiger partial charge >= 0.3 is 5.97 Å². The molecule has 0 heterocycles. The third-order valence-corrected chi connectivity index (χ3v) is 4.17. The second-order valence-electron chi connectivity index (χ2n) is 5.93. The summed E-state index contributed by atoms with van der Waals surface area (Å²) in [7, 11) is 0. The van der Waals surface area contributed by atoms with Crippen LogP contribution >= 0.6 is 11.6 Å². The highest BCUT2D eigenvalue weighted by Gasteiger charge is 2.23. The molecule has 2 aromatic carbocycles. The highest BCUT2D eigenvalue weighted by atomic mass is 35.5. The highest BCUT2D eigenvalue weighted by molar-refractivity contribution is 6.31. The van der Waals surface area contributed by atoms with Crippen molar-refractivity contribution in [2.45, 2.75) is 26.3 Å². The van der Waals surface area contributed by atoms with Crippen molar-refractivity contribution in [2.75, 3.05) is 6.61 Å². The molecule has 1 atom stereocenters. The molecule has 0 saturated carbocycles. The van der Waals surface area contributed by atoms with Gasteiger partial charge in [0.1, 0.15) is 5.56 Å². The molecular weight excluding hydrogens is 372 g/mol. The first-order valence-corrected chi connectivity index (χ1v) is 8.66. The van der Waals surface area contributed by atoms with Crippen molar-refractivity contribution in [3.63, 3.8) is 0 Å². The van der Waals surface area contributed by atoms with Crippen molar-refractivity contribution in [1.29, 1.82) is 0 Å². The molecule has 0 unspecified atom stereocenters. The van der Waals surface area contributed by atoms with Crippen LogP contribution in [0.2, 0.25) is 5.02 Å². The summed E-state index contributed by atoms with van der Waals surface area (Å²) in [5.74, 6) is -1.48. The number of hydrogen-bond donors (Lipinski definition) is 1. The number of amides is 1. The Labute approximate surface area is 161 Å². The summed E-state index contributed by atoms with van der Waals surface area (Å²) in [6.45, 7) is 3.34. The van der Waals surface area contributed by atoms with E-state index in [2.05, 4.69) is 5.32 Å². The Kier molecular flexibility index (Phi) is 6.90. The molecule has 7 nitrogen and oxygen atoms in total. The third-order valence-electron chi connectivity index (χ3n) is 3.93. The molecule has 1 amide bonds. The maximum absolute atomic E-state index is 12.1. The number of nitrogens with zero attached hydrogens (tertiary/aromatic N) is 1. The van der Waals surface area contributed by atoms with Crippen molar-refractivity contribution in [3.05, 3.63) is 74.3 Å². The number of hydrogen-bond acceptors (Lipinski definition) is 5. The van der Waals surface area contributed by atoms with Gasteiger partial charge < -0.3 is 10.1 Å². The third kappa shape index (κ3) is 5.52. The van der Waals surface area contributed by atoms with E-state index in [0.717, 1.165) is 23.3 Å². The number of aryl methyl sites for hydroxylation is 1. The van der Waals surface area contributed by atoms with Gasteiger partial charge in [0.2, 0.25) is 0 Å². The van der Waals surface area contributed by atoms with Gasteiger partial charge in [0.15, 0.2) is 6.61 Å². The smallest absolute Gasteiger partial charge is 0.345 e. The zero-order chi connectivity index (χ0) is 20.0. The van der Waals surface area contributed by atoms with Crippen LogP contribution in [0.15, 0.2) is 42.5 Å². The van der Waals surface area contributed by atoms with Gasteiger partial charge in [0.05, 0.1) is 11.0 Å². The normalized spacial score (nSPS) is 11.5. The van der Waals surface area contributed by atoms with Gasteiger partial charge in [-0.25, -0.2) is 4.79 Å². The highest BCUT2D eigenvalue weighted by Crippen LogP contribution is 2.23. The van der Waals surface area contributed by atoms with E-state index in [1.807, 2.05) is 38.1 Å². The second-order valence-corrected chi connectivity index (χ2v) is 6.37. The number of carbonyl (C=O) groups excluding carboxylic acids is 2. The molecule has 0 fully saturated rings. The van der Waals surface area contributed by atoms with Gasteiger partial charge in [0, 0.05) is 11.1 Å². The molecule has 0 aliphatic carbocycles. The molecule has 0 radical (unpaired) electrons. The molecule has 0 bridgehead atoms. The SMILES string of the molecule is CC[C@H](NC(=O)COC(=O)c1cc(Cl)ccc1[N+](=O)[O-])c1ccc(C)cc1. The molecule has 142 valence electrons. The summed E-state index contributed by atoms with van der Waals surface area (Å²) in [5, 5.41) is 14.0. The predicted molar refractivity (Wildman–Crippen MR) is 101 cm³/mol. The molecule has 0 spiro atoms. The Balaban J connectivity index is 2.00. The van der Waals surface area contributed by atoms with Gasteiger partial charge in [-0.15, -0.1) is 0 Å². The molecule has 8 heteroatoms. The van der Waals surface area contributed by atoms with Crippen LogP contribution in [-0.4, -0.2) is 23.4 Å². The van der Waals surface area contributed by atoms with E-state index in [4.69, 9.17) is 16.3 Å². The van der Waals surface area contributed by atoms with Crippen LogP contribution in [0.5, 0.6) is 0 Å². The van der Waals surface area contributed by atoms with Crippen molar-refractivity contribution in [1.82, 2.24) is 5.32 Å². The van der Waals surface area contributed by atoms with Gasteiger partial charge in [-0.05, 0) is 31.0 Å². The minimum absolute atomic E-state index is 0.155. The largest absolute Gasteiger partial charge is 0.452 e. The van der Waals surface area contributed by atoms with Crippen LogP contribution in [-0.2, 0) is 9.53 Å². The van der Waals surface area contributed by atoms with Crippen LogP contribution in [0.3, 0.4) is 0 Å². The first-order chi connectivity index (χ1) is 12.8. The summed E-state index contributed by atoms with van der Waals surface area (Å²) in [6, 6.07) is 11.1. The van der Waals surface area contributed by atoms with Crippen molar-refractivity contribution < 1.29 is 19.2 Å². The van der Waals surface area contributed by atoms with E-state index in [1.165, 1.54) is 6.07 Å². The van der Waals surface area contributed by atoms with E-state index < -0.39 is 29.1 Å². The summed E-state index contributed by atoms with van der Waals surface area (Å²) >= 11 is 5.79. The lowest BCUT2D eigenvalue weighted by atomic mass is 10.0. The summed E-state index contributed by atoms with van der Waals surface area (Å²) < 4.78 is 4.92. The van der Waals surface area contributed by atoms with E-state index in [0.29, 0.717) is 6.42 Å². The Morgan fingerprint density at radius 1 is 1.22 bits per heavy atom. The fourth-order valence-corrected chi connectivity index (χ4v) is 2.67. The number of nitrogens with one attached hydrogen (secondary N) is 1. The van der Waals surface area contributed by atoms with E-state index in [-0.39, 0.29) is 16.6 Å². The first-order valence-electron chi connectivity index (χ1n) is 8.28. The van der Waals surface area contributed by atoms with E-state index in [9.17, 15) is 19.7 Å². The average molecular weight is 391 g/mol. The molecule has 1 N–H and O–H groups in total. The molecule has 27 heavy (non-hydrogen) atoms. The molecule has 0 aromatic heterocycles. The zero-order valence-corrected chi connectivity index (χ0v) is 15.7. The molecule has 2 aromatic rings. The van der Waals surface area contributed by atoms with E-state index >= 15 is 0 Å². The number of nitro groups is 1. The quantitative estimate of drug-likeness (QED) is 0.438. The fraction of sp³-hybridized carbons (Fsp3) is 0.263. The lowest BCUT2D eigenvalue weighted by molar-refractivity contribution is -0.385. The minimum Gasteiger partial charge on any atom is -0.452 e. The van der Waals surface area contributed by atoms with Crippen molar-refractivity contribution >= 4 is 29.2 Å². The number of carbonyl (C=O) groups is 2. The molecule has 0 saturated heterocycles. The summed E-state index contributed by atoms with van der Waals surface area (Å²) in [5.41, 5.74) is 1.31. The Morgan fingerprint density at radius 2 is 1.89 bits per heavy atom. The lowest BCUT2D eigenvalue weighted by Crippen LogP contribution is -2.32. The van der Waals surface area contributed by atoms with Crippen LogP contribution in [0.25, 0.3) is 0 Å². The lowest BCUT2D eigenvalue weighted by Gasteiger charge is -2.17. The van der Waals surface area contributed by atoms with Crippen LogP contribution < -0.4 is 5.32 Å². The number of nitro benzene ring substituents is 1. The van der Waals surface area contributed by atoms with Crippen molar-refractivity contribution in [2.24, 2.45) is 0 Å². The second kappa shape index (κ2) is 9.14. The Morgan fingerprint density at radius 3 is 2.48 bits per heavy atom. The maximum atomic E-state index is 12.1. The maximum Gasteiger partial charge on any atom is 0.345 e. The van der Waals surface area contributed by atoms with Crippen molar-refractivity contribution in [3.8, 4) is 0 Å². The number of ether oxygens (including phenoxy) is 1. The molecule has 0 aliphatic heterocycles. The van der Waals surface area contributed by atoms with Gasteiger partial charge in [-0.1, -0.05) is 48.4 Å². The fourth-order valence-electron chi connectivity index (χ4n) is 2.50. The Bertz CT molecular complexity index is 852. The summed E-state index contributed by atoms with van der Waals surface area (Å²) in [4.78, 5) is 34.6. The summed E-state index contributed by atoms with van der Waals surface area (Å²) in [6.07, 6.45) is 0.655. The standard InChI is InChI=1S/C19H19ClN2O5/c1-3-16(13-6-4-12(2)5-7-13)21-18(23)11-27-19(24)15-10-14(20)8-9-17(15)22(25)26/h4-10,16H,3,11H2,1-2H3,(H,21,23)/t16-/m0/s1. The predicted octanol–water partition coefficient (Wildman–Crippen LogP) is 3.98. The molecule has 2 rings (SSSR count). The monoisotopic (exact) mass is 390 g/mol. The Hall–Kier alpha value is -2.93. The van der Waals surface area contributed by atoms with Gasteiger partial charge in [-0.3, -0.25) is 14.9 Å². The van der Waals surface area contributed by atoms with Gasteiger partial charge in [-0.2, -0.15) is 0 Å². The topological polar surface area (TPSA) is 98.5 Å². The number of benzene rings is 2. The number of rotatable bonds is 7. The average Bonchev–Trinajstić information content (AvgIpc) is 2.64. The minimum atomic E-state index is -0.984. The van der Waals surface area contributed by atoms with Gasteiger partial charge in [0.25, 0.3) is 11.6 Å². The van der Waals surface area contributed by atoms with Crippen LogP contribution in [0.1, 0.15) is 40.9 Å². The van der Waals surface area contributed by atoms with E-state index in [1.54, 1.807) is 0 Å². The molecule has 0 aliphatic rings. The first kappa shape index (κ1) is 20.4.